The molecule has 0 aliphatic heterocycles. The fourth-order valence-electron chi connectivity index (χ4n) is 3.22. The summed E-state index contributed by atoms with van der Waals surface area (Å²) in [6.45, 7) is 6.38. The standard InChI is InChI=1S/C20H21N3O2S/c1-12-7-8-16(25-4)15(11-12)17-13(2)26-19-18(17)20(24)23(14(3)22-19)10-6-5-9-21/h7-8,11H,5-6,10H2,1-4H3. The number of nitrogens with zero attached hydrogens (tertiary/aromatic N) is 3. The van der Waals surface area contributed by atoms with Crippen molar-refractivity contribution in [1.29, 1.82) is 5.26 Å². The molecule has 0 unspecified atom stereocenters. The van der Waals surface area contributed by atoms with Crippen molar-refractivity contribution in [2.75, 3.05) is 7.11 Å². The van der Waals surface area contributed by atoms with E-state index in [2.05, 4.69) is 11.1 Å². The Morgan fingerprint density at radius 1 is 1.31 bits per heavy atom. The number of aryl methyl sites for hydroxylation is 3. The van der Waals surface area contributed by atoms with E-state index in [4.69, 9.17) is 10.00 Å². The lowest BCUT2D eigenvalue weighted by molar-refractivity contribution is 0.416. The Labute approximate surface area is 156 Å². The number of rotatable bonds is 5. The Hall–Kier alpha value is -2.65. The minimum Gasteiger partial charge on any atom is -0.496 e. The number of methoxy groups -OCH3 is 1. The molecule has 0 fully saturated rings. The van der Waals surface area contributed by atoms with E-state index in [1.165, 1.54) is 11.3 Å². The summed E-state index contributed by atoms with van der Waals surface area (Å²) in [4.78, 5) is 19.7. The molecule has 0 amide bonds. The van der Waals surface area contributed by atoms with Gasteiger partial charge in [0.1, 0.15) is 16.4 Å². The fraction of sp³-hybridized carbons (Fsp3) is 0.350. The molecule has 2 aromatic heterocycles. The van der Waals surface area contributed by atoms with Crippen molar-refractivity contribution >= 4 is 21.6 Å². The van der Waals surface area contributed by atoms with Gasteiger partial charge < -0.3 is 4.74 Å². The van der Waals surface area contributed by atoms with Crippen molar-refractivity contribution in [2.24, 2.45) is 0 Å². The third-order valence-electron chi connectivity index (χ3n) is 4.47. The van der Waals surface area contributed by atoms with Crippen LogP contribution in [0, 0.1) is 32.1 Å². The Balaban J connectivity index is 2.29. The molecule has 0 bridgehead atoms. The highest BCUT2D eigenvalue weighted by Crippen LogP contribution is 2.40. The van der Waals surface area contributed by atoms with Gasteiger partial charge in [0.15, 0.2) is 0 Å². The van der Waals surface area contributed by atoms with E-state index >= 15 is 0 Å². The van der Waals surface area contributed by atoms with Crippen LogP contribution in [0.2, 0.25) is 0 Å². The molecule has 26 heavy (non-hydrogen) atoms. The average Bonchev–Trinajstić information content (AvgIpc) is 2.93. The third kappa shape index (κ3) is 3.11. The van der Waals surface area contributed by atoms with Crippen LogP contribution < -0.4 is 10.3 Å². The number of ether oxygens (including phenoxy) is 1. The fourth-order valence-corrected chi connectivity index (χ4v) is 4.29. The van der Waals surface area contributed by atoms with Gasteiger partial charge in [-0.2, -0.15) is 5.26 Å². The molecule has 0 saturated heterocycles. The molecular weight excluding hydrogens is 346 g/mol. The van der Waals surface area contributed by atoms with E-state index in [9.17, 15) is 4.79 Å². The van der Waals surface area contributed by atoms with Crippen LogP contribution in [0.5, 0.6) is 5.75 Å². The molecule has 0 saturated carbocycles. The van der Waals surface area contributed by atoms with E-state index in [-0.39, 0.29) is 5.56 Å². The first kappa shape index (κ1) is 18.2. The number of aromatic nitrogens is 2. The minimum absolute atomic E-state index is 0.0478. The largest absolute Gasteiger partial charge is 0.496 e. The molecule has 3 rings (SSSR count). The van der Waals surface area contributed by atoms with Crippen LogP contribution in [0.4, 0.5) is 0 Å². The third-order valence-corrected chi connectivity index (χ3v) is 5.47. The lowest BCUT2D eigenvalue weighted by atomic mass is 10.0. The van der Waals surface area contributed by atoms with Crippen molar-refractivity contribution in [1.82, 2.24) is 9.55 Å². The first-order valence-electron chi connectivity index (χ1n) is 8.50. The Kier molecular flexibility index (Phi) is 5.10. The monoisotopic (exact) mass is 367 g/mol. The molecule has 0 radical (unpaired) electrons. The molecule has 2 heterocycles. The summed E-state index contributed by atoms with van der Waals surface area (Å²) in [5.74, 6) is 1.43. The number of fused-ring (bicyclic) bond motifs is 1. The highest BCUT2D eigenvalue weighted by atomic mass is 32.1. The zero-order valence-electron chi connectivity index (χ0n) is 15.4. The molecule has 0 aliphatic rings. The predicted octanol–water partition coefficient (Wildman–Crippen LogP) is 4.36. The number of thiophene rings is 1. The van der Waals surface area contributed by atoms with Gasteiger partial charge in [0.2, 0.25) is 0 Å². The number of nitriles is 1. The number of unbranched alkanes of at least 4 members (excludes halogenated alkanes) is 1. The minimum atomic E-state index is -0.0478. The predicted molar refractivity (Wildman–Crippen MR) is 105 cm³/mol. The second-order valence-electron chi connectivity index (χ2n) is 6.29. The van der Waals surface area contributed by atoms with Gasteiger partial charge in [-0.1, -0.05) is 11.6 Å². The molecule has 0 spiro atoms. The highest BCUT2D eigenvalue weighted by Gasteiger charge is 2.20. The molecule has 6 heteroatoms. The zero-order chi connectivity index (χ0) is 18.8. The van der Waals surface area contributed by atoms with Crippen LogP contribution in [-0.4, -0.2) is 16.7 Å². The van der Waals surface area contributed by atoms with Gasteiger partial charge in [-0.25, -0.2) is 4.98 Å². The maximum absolute atomic E-state index is 13.2. The maximum Gasteiger partial charge on any atom is 0.262 e. The number of hydrogen-bond acceptors (Lipinski definition) is 5. The van der Waals surface area contributed by atoms with E-state index in [0.29, 0.717) is 30.6 Å². The quantitative estimate of drug-likeness (QED) is 0.628. The lowest BCUT2D eigenvalue weighted by Gasteiger charge is -2.12. The van der Waals surface area contributed by atoms with Crippen LogP contribution in [0.15, 0.2) is 23.0 Å². The van der Waals surface area contributed by atoms with Gasteiger partial charge in [0.05, 0.1) is 18.6 Å². The molecular formula is C20H21N3O2S. The number of hydrogen-bond donors (Lipinski definition) is 0. The number of benzene rings is 1. The second-order valence-corrected chi connectivity index (χ2v) is 7.50. The van der Waals surface area contributed by atoms with Crippen LogP contribution in [0.1, 0.15) is 29.1 Å². The Morgan fingerprint density at radius 3 is 2.77 bits per heavy atom. The topological polar surface area (TPSA) is 67.9 Å². The van der Waals surface area contributed by atoms with Gasteiger partial charge in [0, 0.05) is 29.0 Å². The highest BCUT2D eigenvalue weighted by molar-refractivity contribution is 7.19. The molecule has 0 N–H and O–H groups in total. The molecule has 0 aliphatic carbocycles. The van der Waals surface area contributed by atoms with Crippen molar-refractivity contribution in [3.63, 3.8) is 0 Å². The van der Waals surface area contributed by atoms with Gasteiger partial charge in [0.25, 0.3) is 5.56 Å². The summed E-state index contributed by atoms with van der Waals surface area (Å²) < 4.78 is 7.22. The van der Waals surface area contributed by atoms with Crippen molar-refractivity contribution in [3.05, 3.63) is 44.8 Å². The molecule has 3 aromatic rings. The zero-order valence-corrected chi connectivity index (χ0v) is 16.2. The first-order chi connectivity index (χ1) is 12.5. The van der Waals surface area contributed by atoms with Crippen LogP contribution in [-0.2, 0) is 6.54 Å². The molecule has 134 valence electrons. The van der Waals surface area contributed by atoms with Gasteiger partial charge >= 0.3 is 0 Å². The Bertz CT molecular complexity index is 1070. The first-order valence-corrected chi connectivity index (χ1v) is 9.32. The van der Waals surface area contributed by atoms with E-state index in [1.54, 1.807) is 11.7 Å². The SMILES string of the molecule is COc1ccc(C)cc1-c1c(C)sc2nc(C)n(CCCC#N)c(=O)c12. The van der Waals surface area contributed by atoms with Gasteiger partial charge in [-0.3, -0.25) is 9.36 Å². The van der Waals surface area contributed by atoms with Gasteiger partial charge in [-0.05, 0) is 39.3 Å². The lowest BCUT2D eigenvalue weighted by Crippen LogP contribution is -2.23. The summed E-state index contributed by atoms with van der Waals surface area (Å²) in [6, 6.07) is 8.10. The molecule has 0 atom stereocenters. The van der Waals surface area contributed by atoms with E-state index in [0.717, 1.165) is 32.1 Å². The average molecular weight is 367 g/mol. The summed E-state index contributed by atoms with van der Waals surface area (Å²) in [5.41, 5.74) is 2.88. The Morgan fingerprint density at radius 2 is 2.08 bits per heavy atom. The van der Waals surface area contributed by atoms with Gasteiger partial charge in [-0.15, -0.1) is 11.3 Å². The van der Waals surface area contributed by atoms with Crippen LogP contribution in [0.25, 0.3) is 21.3 Å². The van der Waals surface area contributed by atoms with Crippen molar-refractivity contribution in [2.45, 2.75) is 40.2 Å². The van der Waals surface area contributed by atoms with E-state index < -0.39 is 0 Å². The molecule has 5 nitrogen and oxygen atoms in total. The van der Waals surface area contributed by atoms with E-state index in [1.807, 2.05) is 39.0 Å². The summed E-state index contributed by atoms with van der Waals surface area (Å²) in [5, 5.41) is 9.41. The molecule has 1 aromatic carbocycles. The summed E-state index contributed by atoms with van der Waals surface area (Å²) in [7, 11) is 1.64. The van der Waals surface area contributed by atoms with Crippen LogP contribution >= 0.6 is 11.3 Å². The van der Waals surface area contributed by atoms with Crippen molar-refractivity contribution in [3.8, 4) is 22.9 Å². The van der Waals surface area contributed by atoms with Crippen LogP contribution in [0.3, 0.4) is 0 Å². The normalized spacial score (nSPS) is 10.9. The van der Waals surface area contributed by atoms with Crippen molar-refractivity contribution < 1.29 is 4.74 Å². The smallest absolute Gasteiger partial charge is 0.262 e. The summed E-state index contributed by atoms with van der Waals surface area (Å²) in [6.07, 6.45) is 1.06. The maximum atomic E-state index is 13.2. The second kappa shape index (κ2) is 7.30. The summed E-state index contributed by atoms with van der Waals surface area (Å²) >= 11 is 1.53.